The topological polar surface area (TPSA) is 70.2 Å². The Bertz CT molecular complexity index is 641. The van der Waals surface area contributed by atoms with Crippen LogP contribution < -0.4 is 4.74 Å². The SMILES string of the molecule is Cc1nc(CN2CCC(Oc3ccnc(CN(C)C)c3)C2)n[nH]1. The number of aryl methyl sites for hydroxylation is 1. The van der Waals surface area contributed by atoms with Gasteiger partial charge in [-0.25, -0.2) is 4.98 Å². The molecule has 23 heavy (non-hydrogen) atoms. The zero-order valence-corrected chi connectivity index (χ0v) is 14.0. The van der Waals surface area contributed by atoms with Gasteiger partial charge in [-0.05, 0) is 33.5 Å². The van der Waals surface area contributed by atoms with Gasteiger partial charge < -0.3 is 9.64 Å². The van der Waals surface area contributed by atoms with Gasteiger partial charge in [0.1, 0.15) is 17.7 Å². The smallest absolute Gasteiger partial charge is 0.164 e. The number of hydrogen-bond donors (Lipinski definition) is 1. The molecule has 1 aliphatic rings. The Labute approximate surface area is 136 Å². The van der Waals surface area contributed by atoms with Gasteiger partial charge in [0, 0.05) is 31.9 Å². The number of ether oxygens (including phenoxy) is 1. The molecular formula is C16H24N6O. The lowest BCUT2D eigenvalue weighted by Gasteiger charge is -2.16. The lowest BCUT2D eigenvalue weighted by Crippen LogP contribution is -2.25. The first-order valence-electron chi connectivity index (χ1n) is 7.95. The summed E-state index contributed by atoms with van der Waals surface area (Å²) < 4.78 is 6.12. The maximum Gasteiger partial charge on any atom is 0.164 e. The number of H-pyrrole nitrogens is 1. The van der Waals surface area contributed by atoms with E-state index in [0.29, 0.717) is 0 Å². The molecule has 3 heterocycles. The molecule has 0 aromatic carbocycles. The molecule has 2 aromatic rings. The molecule has 0 saturated carbocycles. The van der Waals surface area contributed by atoms with E-state index in [2.05, 4.69) is 30.0 Å². The lowest BCUT2D eigenvalue weighted by atomic mass is 10.3. The van der Waals surface area contributed by atoms with Gasteiger partial charge in [0.2, 0.25) is 0 Å². The predicted molar refractivity (Wildman–Crippen MR) is 87.1 cm³/mol. The summed E-state index contributed by atoms with van der Waals surface area (Å²) in [5.41, 5.74) is 1.03. The van der Waals surface area contributed by atoms with Gasteiger partial charge in [-0.1, -0.05) is 0 Å². The van der Waals surface area contributed by atoms with Crippen LogP contribution in [0.15, 0.2) is 18.3 Å². The van der Waals surface area contributed by atoms with Crippen LogP contribution in [-0.2, 0) is 13.1 Å². The highest BCUT2D eigenvalue weighted by Crippen LogP contribution is 2.20. The molecule has 1 N–H and O–H groups in total. The molecule has 2 aromatic heterocycles. The van der Waals surface area contributed by atoms with Crippen LogP contribution in [0.5, 0.6) is 5.75 Å². The Hall–Kier alpha value is -1.99. The molecule has 0 amide bonds. The fraction of sp³-hybridized carbons (Fsp3) is 0.562. The van der Waals surface area contributed by atoms with Crippen molar-refractivity contribution in [2.45, 2.75) is 32.5 Å². The quantitative estimate of drug-likeness (QED) is 0.864. The lowest BCUT2D eigenvalue weighted by molar-refractivity contribution is 0.196. The van der Waals surface area contributed by atoms with E-state index in [0.717, 1.165) is 55.7 Å². The van der Waals surface area contributed by atoms with Crippen LogP contribution in [0, 0.1) is 6.92 Å². The van der Waals surface area contributed by atoms with Crippen LogP contribution >= 0.6 is 0 Å². The van der Waals surface area contributed by atoms with E-state index in [1.807, 2.05) is 39.3 Å². The van der Waals surface area contributed by atoms with Crippen molar-refractivity contribution < 1.29 is 4.74 Å². The molecule has 0 radical (unpaired) electrons. The van der Waals surface area contributed by atoms with Crippen molar-refractivity contribution in [2.24, 2.45) is 0 Å². The van der Waals surface area contributed by atoms with Crippen molar-refractivity contribution in [3.05, 3.63) is 35.7 Å². The van der Waals surface area contributed by atoms with Crippen LogP contribution in [-0.4, -0.2) is 63.3 Å². The molecule has 1 unspecified atom stereocenters. The molecule has 1 aliphatic heterocycles. The summed E-state index contributed by atoms with van der Waals surface area (Å²) in [7, 11) is 4.07. The van der Waals surface area contributed by atoms with Gasteiger partial charge in [0.05, 0.1) is 12.2 Å². The number of aromatic nitrogens is 4. The van der Waals surface area contributed by atoms with Crippen LogP contribution in [0.3, 0.4) is 0 Å². The number of nitrogens with zero attached hydrogens (tertiary/aromatic N) is 5. The number of hydrogen-bond acceptors (Lipinski definition) is 6. The third kappa shape index (κ3) is 4.49. The second kappa shape index (κ2) is 7.06. The molecule has 1 saturated heterocycles. The highest BCUT2D eigenvalue weighted by atomic mass is 16.5. The molecule has 1 atom stereocenters. The summed E-state index contributed by atoms with van der Waals surface area (Å²) in [6, 6.07) is 3.96. The number of nitrogens with one attached hydrogen (secondary N) is 1. The largest absolute Gasteiger partial charge is 0.489 e. The highest BCUT2D eigenvalue weighted by molar-refractivity contribution is 5.23. The molecule has 0 spiro atoms. The summed E-state index contributed by atoms with van der Waals surface area (Å²) >= 11 is 0. The third-order valence-corrected chi connectivity index (χ3v) is 3.81. The number of rotatable bonds is 6. The Morgan fingerprint density at radius 3 is 3.04 bits per heavy atom. The van der Waals surface area contributed by atoms with Gasteiger partial charge in [-0.3, -0.25) is 15.0 Å². The first-order chi connectivity index (χ1) is 11.1. The molecule has 3 rings (SSSR count). The van der Waals surface area contributed by atoms with Crippen molar-refractivity contribution >= 4 is 0 Å². The molecule has 1 fully saturated rings. The van der Waals surface area contributed by atoms with Crippen LogP contribution in [0.2, 0.25) is 0 Å². The van der Waals surface area contributed by atoms with Crippen LogP contribution in [0.4, 0.5) is 0 Å². The van der Waals surface area contributed by atoms with Gasteiger partial charge in [-0.2, -0.15) is 5.10 Å². The molecule has 124 valence electrons. The average Bonchev–Trinajstić information content (AvgIpc) is 3.08. The minimum Gasteiger partial charge on any atom is -0.489 e. The van der Waals surface area contributed by atoms with E-state index in [1.54, 1.807) is 0 Å². The Kier molecular flexibility index (Phi) is 4.88. The van der Waals surface area contributed by atoms with Crippen molar-refractivity contribution in [1.29, 1.82) is 0 Å². The number of pyridine rings is 1. The van der Waals surface area contributed by atoms with Crippen molar-refractivity contribution in [3.8, 4) is 5.75 Å². The first kappa shape index (κ1) is 15.9. The van der Waals surface area contributed by atoms with Gasteiger partial charge >= 0.3 is 0 Å². The summed E-state index contributed by atoms with van der Waals surface area (Å²) in [6.07, 6.45) is 3.05. The van der Waals surface area contributed by atoms with E-state index < -0.39 is 0 Å². The van der Waals surface area contributed by atoms with Crippen molar-refractivity contribution in [3.63, 3.8) is 0 Å². The maximum absolute atomic E-state index is 6.12. The summed E-state index contributed by atoms with van der Waals surface area (Å²) in [4.78, 5) is 13.2. The molecule has 0 aliphatic carbocycles. The van der Waals surface area contributed by atoms with Crippen molar-refractivity contribution in [2.75, 3.05) is 27.2 Å². The Morgan fingerprint density at radius 1 is 1.43 bits per heavy atom. The highest BCUT2D eigenvalue weighted by Gasteiger charge is 2.25. The number of likely N-dealkylation sites (tertiary alicyclic amines) is 1. The Morgan fingerprint density at radius 2 is 2.30 bits per heavy atom. The summed E-state index contributed by atoms with van der Waals surface area (Å²) in [5, 5.41) is 7.08. The minimum atomic E-state index is 0.213. The van der Waals surface area contributed by atoms with E-state index in [1.165, 1.54) is 0 Å². The predicted octanol–water partition coefficient (Wildman–Crippen LogP) is 1.22. The van der Waals surface area contributed by atoms with E-state index >= 15 is 0 Å². The second-order valence-electron chi connectivity index (χ2n) is 6.32. The van der Waals surface area contributed by atoms with Crippen molar-refractivity contribution in [1.82, 2.24) is 30.0 Å². The molecular weight excluding hydrogens is 292 g/mol. The van der Waals surface area contributed by atoms with E-state index in [9.17, 15) is 0 Å². The number of aromatic amines is 1. The Balaban J connectivity index is 1.53. The summed E-state index contributed by atoms with van der Waals surface area (Å²) in [5.74, 6) is 2.61. The van der Waals surface area contributed by atoms with E-state index in [4.69, 9.17) is 4.74 Å². The van der Waals surface area contributed by atoms with Crippen LogP contribution in [0.25, 0.3) is 0 Å². The van der Waals surface area contributed by atoms with Gasteiger partial charge in [0.15, 0.2) is 5.82 Å². The van der Waals surface area contributed by atoms with Crippen LogP contribution in [0.1, 0.15) is 23.8 Å². The monoisotopic (exact) mass is 316 g/mol. The fourth-order valence-corrected chi connectivity index (χ4v) is 2.83. The first-order valence-corrected chi connectivity index (χ1v) is 7.95. The molecule has 7 nitrogen and oxygen atoms in total. The second-order valence-corrected chi connectivity index (χ2v) is 6.32. The molecule has 7 heteroatoms. The summed E-state index contributed by atoms with van der Waals surface area (Å²) in [6.45, 7) is 5.42. The standard InChI is InChI=1S/C16H24N6O/c1-12-18-16(20-19-12)11-22-7-5-15(10-22)23-14-4-6-17-13(8-14)9-21(2)3/h4,6,8,15H,5,7,9-11H2,1-3H3,(H,18,19,20). The van der Waals surface area contributed by atoms with Gasteiger partial charge in [0.25, 0.3) is 0 Å². The average molecular weight is 316 g/mol. The molecule has 0 bridgehead atoms. The van der Waals surface area contributed by atoms with E-state index in [-0.39, 0.29) is 6.10 Å². The zero-order valence-electron chi connectivity index (χ0n) is 14.0. The zero-order chi connectivity index (χ0) is 16.2. The van der Waals surface area contributed by atoms with Gasteiger partial charge in [-0.15, -0.1) is 0 Å². The maximum atomic E-state index is 6.12. The third-order valence-electron chi connectivity index (χ3n) is 3.81. The minimum absolute atomic E-state index is 0.213. The normalized spacial score (nSPS) is 18.7. The fourth-order valence-electron chi connectivity index (χ4n) is 2.83.